The highest BCUT2D eigenvalue weighted by Crippen LogP contribution is 2.24. The fourth-order valence-electron chi connectivity index (χ4n) is 2.04. The van der Waals surface area contributed by atoms with Crippen LogP contribution in [0.15, 0.2) is 48.5 Å². The number of hydrogen-bond acceptors (Lipinski definition) is 5. The summed E-state index contributed by atoms with van der Waals surface area (Å²) in [7, 11) is 0. The van der Waals surface area contributed by atoms with Crippen LogP contribution >= 0.6 is 0 Å². The highest BCUT2D eigenvalue weighted by atomic mass is 16.5. The van der Waals surface area contributed by atoms with Gasteiger partial charge in [0.2, 0.25) is 0 Å². The zero-order valence-electron chi connectivity index (χ0n) is 13.0. The molecule has 1 aliphatic heterocycles. The van der Waals surface area contributed by atoms with E-state index < -0.39 is 5.97 Å². The Labute approximate surface area is 139 Å². The average Bonchev–Trinajstić information content (AvgIpc) is 2.57. The Morgan fingerprint density at radius 2 is 1.83 bits per heavy atom. The molecule has 1 heterocycles. The van der Waals surface area contributed by atoms with Crippen molar-refractivity contribution in [3.8, 4) is 17.2 Å². The van der Waals surface area contributed by atoms with Gasteiger partial charge in [-0.1, -0.05) is 24.3 Å². The Balaban J connectivity index is 0.000000175. The van der Waals surface area contributed by atoms with E-state index in [1.54, 1.807) is 24.3 Å². The number of ether oxygens (including phenoxy) is 2. The van der Waals surface area contributed by atoms with Crippen molar-refractivity contribution >= 4 is 11.8 Å². The minimum atomic E-state index is -0.921. The van der Waals surface area contributed by atoms with E-state index in [1.807, 2.05) is 18.2 Å². The van der Waals surface area contributed by atoms with Gasteiger partial charge in [-0.15, -0.1) is 0 Å². The maximum atomic E-state index is 11.2. The molecule has 0 atom stereocenters. The smallest absolute Gasteiger partial charge is 0.306 e. The molecule has 0 amide bonds. The first kappa shape index (κ1) is 17.3. The lowest BCUT2D eigenvalue weighted by atomic mass is 10.1. The summed E-state index contributed by atoms with van der Waals surface area (Å²) < 4.78 is 10.3. The van der Waals surface area contributed by atoms with Crippen LogP contribution in [0.4, 0.5) is 0 Å². The van der Waals surface area contributed by atoms with E-state index in [4.69, 9.17) is 14.6 Å². The lowest BCUT2D eigenvalue weighted by Gasteiger charge is -2.14. The Morgan fingerprint density at radius 3 is 2.54 bits per heavy atom. The topological polar surface area (TPSA) is 93.1 Å². The fraction of sp³-hybridized carbons (Fsp3) is 0.222. The molecule has 0 unspecified atom stereocenters. The van der Waals surface area contributed by atoms with Crippen LogP contribution in [0.5, 0.6) is 17.2 Å². The second-order valence-electron chi connectivity index (χ2n) is 4.98. The summed E-state index contributed by atoms with van der Waals surface area (Å²) in [5.41, 5.74) is 0.721. The van der Waals surface area contributed by atoms with Crippen LogP contribution in [0, 0.1) is 0 Å². The molecule has 0 saturated carbocycles. The molecule has 2 N–H and O–H groups in total. The lowest BCUT2D eigenvalue weighted by Crippen LogP contribution is -2.14. The molecule has 126 valence electrons. The molecular weight excluding hydrogens is 312 g/mol. The molecular formula is C18H18O6. The number of Topliss-reactive ketones (excluding diaryl/α,β-unsaturated/α-hetero) is 1. The van der Waals surface area contributed by atoms with E-state index in [0.29, 0.717) is 18.8 Å². The van der Waals surface area contributed by atoms with Crippen LogP contribution < -0.4 is 9.47 Å². The summed E-state index contributed by atoms with van der Waals surface area (Å²) in [6.07, 6.45) is 0.436. The minimum Gasteiger partial charge on any atom is -0.504 e. The molecule has 0 radical (unpaired) electrons. The van der Waals surface area contributed by atoms with Gasteiger partial charge in [0.05, 0.1) is 25.2 Å². The Hall–Kier alpha value is -3.02. The van der Waals surface area contributed by atoms with Crippen molar-refractivity contribution < 1.29 is 29.3 Å². The molecule has 0 bridgehead atoms. The number of aromatic hydroxyl groups is 1. The molecule has 2 aromatic carbocycles. The third-order valence-electron chi connectivity index (χ3n) is 3.21. The van der Waals surface area contributed by atoms with Crippen molar-refractivity contribution in [1.82, 2.24) is 0 Å². The van der Waals surface area contributed by atoms with Gasteiger partial charge in [0.1, 0.15) is 5.75 Å². The Morgan fingerprint density at radius 1 is 1.12 bits per heavy atom. The van der Waals surface area contributed by atoms with E-state index in [9.17, 15) is 14.7 Å². The molecule has 3 rings (SSSR count). The summed E-state index contributed by atoms with van der Waals surface area (Å²) in [6.45, 7) is 0.586. The first-order valence-corrected chi connectivity index (χ1v) is 7.45. The number of benzene rings is 2. The highest BCUT2D eigenvalue weighted by Gasteiger charge is 2.16. The van der Waals surface area contributed by atoms with Crippen LogP contribution in [0.25, 0.3) is 0 Å². The standard InChI is InChI=1S/C9H10O4.C9H8O2/c10-7-3-1-2-4-8(7)13-6-5-9(11)12;10-8-5-6-11-9-4-2-1-3-7(8)9/h1-4,10H,5-6H2,(H,11,12);1-4H,5-6H2. The van der Waals surface area contributed by atoms with Gasteiger partial charge >= 0.3 is 5.97 Å². The third-order valence-corrected chi connectivity index (χ3v) is 3.21. The summed E-state index contributed by atoms with van der Waals surface area (Å²) in [6, 6.07) is 13.8. The second kappa shape index (κ2) is 8.57. The summed E-state index contributed by atoms with van der Waals surface area (Å²) in [4.78, 5) is 21.3. The molecule has 0 spiro atoms. The van der Waals surface area contributed by atoms with Crippen molar-refractivity contribution in [2.45, 2.75) is 12.8 Å². The number of rotatable bonds is 4. The number of aliphatic carboxylic acids is 1. The fourth-order valence-corrected chi connectivity index (χ4v) is 2.04. The monoisotopic (exact) mass is 330 g/mol. The van der Waals surface area contributed by atoms with Gasteiger partial charge in [-0.3, -0.25) is 9.59 Å². The number of phenolic OH excluding ortho intramolecular Hbond substituents is 1. The van der Waals surface area contributed by atoms with Crippen molar-refractivity contribution in [3.05, 3.63) is 54.1 Å². The molecule has 0 aliphatic carbocycles. The van der Waals surface area contributed by atoms with E-state index in [2.05, 4.69) is 0 Å². The highest BCUT2D eigenvalue weighted by molar-refractivity contribution is 5.99. The molecule has 6 heteroatoms. The van der Waals surface area contributed by atoms with Gasteiger partial charge < -0.3 is 19.7 Å². The number of carboxylic acids is 1. The van der Waals surface area contributed by atoms with E-state index in [-0.39, 0.29) is 24.6 Å². The van der Waals surface area contributed by atoms with Gasteiger partial charge in [0, 0.05) is 6.42 Å². The normalized spacial score (nSPS) is 12.2. The average molecular weight is 330 g/mol. The predicted octanol–water partition coefficient (Wildman–Crippen LogP) is 2.90. The molecule has 1 aliphatic rings. The minimum absolute atomic E-state index is 0.0212. The number of carbonyl (C=O) groups is 2. The lowest BCUT2D eigenvalue weighted by molar-refractivity contribution is -0.137. The Kier molecular flexibility index (Phi) is 6.19. The zero-order chi connectivity index (χ0) is 17.4. The number of phenols is 1. The molecule has 24 heavy (non-hydrogen) atoms. The van der Waals surface area contributed by atoms with Crippen LogP contribution in [0.1, 0.15) is 23.2 Å². The molecule has 0 aromatic heterocycles. The van der Waals surface area contributed by atoms with Crippen LogP contribution in [-0.2, 0) is 4.79 Å². The van der Waals surface area contributed by atoms with Gasteiger partial charge in [0.25, 0.3) is 0 Å². The van der Waals surface area contributed by atoms with Gasteiger partial charge in [-0.05, 0) is 24.3 Å². The first-order valence-electron chi connectivity index (χ1n) is 7.45. The van der Waals surface area contributed by atoms with Crippen LogP contribution in [-0.4, -0.2) is 35.2 Å². The van der Waals surface area contributed by atoms with Gasteiger partial charge in [-0.25, -0.2) is 0 Å². The van der Waals surface area contributed by atoms with Crippen molar-refractivity contribution in [3.63, 3.8) is 0 Å². The number of para-hydroxylation sites is 3. The SMILES string of the molecule is O=C(O)CCOc1ccccc1O.O=C1CCOc2ccccc21. The largest absolute Gasteiger partial charge is 0.504 e. The maximum Gasteiger partial charge on any atom is 0.306 e. The third kappa shape index (κ3) is 5.01. The second-order valence-corrected chi connectivity index (χ2v) is 4.98. The van der Waals surface area contributed by atoms with Gasteiger partial charge in [-0.2, -0.15) is 0 Å². The number of carboxylic acid groups (broad SMARTS) is 1. The number of fused-ring (bicyclic) bond motifs is 1. The van der Waals surface area contributed by atoms with E-state index >= 15 is 0 Å². The van der Waals surface area contributed by atoms with E-state index in [0.717, 1.165) is 11.3 Å². The predicted molar refractivity (Wildman–Crippen MR) is 86.7 cm³/mol. The Bertz CT molecular complexity index is 710. The number of carbonyl (C=O) groups excluding carboxylic acids is 1. The summed E-state index contributed by atoms with van der Waals surface area (Å²) >= 11 is 0. The quantitative estimate of drug-likeness (QED) is 0.895. The molecule has 6 nitrogen and oxygen atoms in total. The number of ketones is 1. The maximum absolute atomic E-state index is 11.2. The molecule has 0 saturated heterocycles. The summed E-state index contributed by atoms with van der Waals surface area (Å²) in [5, 5.41) is 17.5. The first-order chi connectivity index (χ1) is 11.6. The van der Waals surface area contributed by atoms with Gasteiger partial charge in [0.15, 0.2) is 17.3 Å². The van der Waals surface area contributed by atoms with Crippen LogP contribution in [0.2, 0.25) is 0 Å². The molecule has 2 aromatic rings. The van der Waals surface area contributed by atoms with Crippen molar-refractivity contribution in [2.75, 3.05) is 13.2 Å². The molecule has 0 fully saturated rings. The van der Waals surface area contributed by atoms with Crippen molar-refractivity contribution in [2.24, 2.45) is 0 Å². The van der Waals surface area contributed by atoms with Crippen LogP contribution in [0.3, 0.4) is 0 Å². The summed E-state index contributed by atoms with van der Waals surface area (Å²) in [5.74, 6) is 0.322. The van der Waals surface area contributed by atoms with E-state index in [1.165, 1.54) is 6.07 Å². The van der Waals surface area contributed by atoms with Crippen molar-refractivity contribution in [1.29, 1.82) is 0 Å². The number of hydrogen-bond donors (Lipinski definition) is 2. The zero-order valence-corrected chi connectivity index (χ0v) is 13.0.